The normalized spacial score (nSPS) is 23.8. The van der Waals surface area contributed by atoms with Crippen molar-refractivity contribution in [3.05, 3.63) is 29.3 Å². The molecule has 1 heterocycles. The Kier molecular flexibility index (Phi) is 3.56. The first-order valence-electron chi connectivity index (χ1n) is 7.66. The van der Waals surface area contributed by atoms with Crippen LogP contribution in [0.5, 0.6) is 5.75 Å². The fourth-order valence-electron chi connectivity index (χ4n) is 3.32. The summed E-state index contributed by atoms with van der Waals surface area (Å²) < 4.78 is 11.1. The topological polar surface area (TPSA) is 47.6 Å². The second-order valence-electron chi connectivity index (χ2n) is 6.95. The van der Waals surface area contributed by atoms with Gasteiger partial charge in [0.05, 0.1) is 6.61 Å². The largest absolute Gasteiger partial charge is 0.493 e. The monoisotopic (exact) mass is 289 g/mol. The SMILES string of the molecule is CC(C)(C)OC(=O)NC1Cc2cccc3c2C(CCO3)C1. The number of benzene rings is 1. The molecule has 1 aromatic rings. The standard InChI is InChI=1S/C17H23NO3/c1-17(2,3)21-16(19)18-13-9-11-5-4-6-14-15(11)12(10-13)7-8-20-14/h4-6,12-13H,7-10H2,1-3H3,(H,18,19). The Morgan fingerprint density at radius 2 is 2.19 bits per heavy atom. The van der Waals surface area contributed by atoms with Crippen LogP contribution in [0.4, 0.5) is 4.79 Å². The van der Waals surface area contributed by atoms with Crippen LogP contribution in [0.1, 0.15) is 50.7 Å². The van der Waals surface area contributed by atoms with Gasteiger partial charge in [0.15, 0.2) is 0 Å². The van der Waals surface area contributed by atoms with Crippen LogP contribution in [-0.2, 0) is 11.2 Å². The molecule has 0 saturated heterocycles. The molecule has 1 N–H and O–H groups in total. The maximum absolute atomic E-state index is 12.0. The molecule has 1 amide bonds. The summed E-state index contributed by atoms with van der Waals surface area (Å²) in [4.78, 5) is 12.0. The van der Waals surface area contributed by atoms with E-state index in [9.17, 15) is 4.79 Å². The lowest BCUT2D eigenvalue weighted by atomic mass is 9.77. The van der Waals surface area contributed by atoms with Crippen LogP contribution in [0, 0.1) is 0 Å². The summed E-state index contributed by atoms with van der Waals surface area (Å²) in [6.07, 6.45) is 2.52. The van der Waals surface area contributed by atoms with Crippen molar-refractivity contribution in [2.24, 2.45) is 0 Å². The predicted molar refractivity (Wildman–Crippen MR) is 80.8 cm³/mol. The van der Waals surface area contributed by atoms with Crippen LogP contribution in [0.2, 0.25) is 0 Å². The average Bonchev–Trinajstić information content (AvgIpc) is 2.36. The number of amides is 1. The van der Waals surface area contributed by atoms with Gasteiger partial charge in [-0.25, -0.2) is 4.79 Å². The van der Waals surface area contributed by atoms with Gasteiger partial charge in [-0.1, -0.05) is 12.1 Å². The molecule has 21 heavy (non-hydrogen) atoms. The molecule has 4 nitrogen and oxygen atoms in total. The number of carbonyl (C=O) groups excluding carboxylic acids is 1. The van der Waals surface area contributed by atoms with Crippen molar-refractivity contribution in [1.29, 1.82) is 0 Å². The van der Waals surface area contributed by atoms with Crippen molar-refractivity contribution in [1.82, 2.24) is 5.32 Å². The third-order valence-corrected chi connectivity index (χ3v) is 4.04. The maximum Gasteiger partial charge on any atom is 0.407 e. The third-order valence-electron chi connectivity index (χ3n) is 4.04. The van der Waals surface area contributed by atoms with Crippen molar-refractivity contribution in [2.45, 2.75) is 57.6 Å². The van der Waals surface area contributed by atoms with Crippen LogP contribution in [0.25, 0.3) is 0 Å². The van der Waals surface area contributed by atoms with Gasteiger partial charge >= 0.3 is 6.09 Å². The van der Waals surface area contributed by atoms with Crippen molar-refractivity contribution >= 4 is 6.09 Å². The number of hydrogen-bond donors (Lipinski definition) is 1. The Bertz CT molecular complexity index is 547. The Hall–Kier alpha value is -1.71. The zero-order valence-electron chi connectivity index (χ0n) is 12.9. The Morgan fingerprint density at radius 3 is 2.95 bits per heavy atom. The van der Waals surface area contributed by atoms with E-state index in [0.29, 0.717) is 5.92 Å². The van der Waals surface area contributed by atoms with Crippen molar-refractivity contribution in [3.63, 3.8) is 0 Å². The lowest BCUT2D eigenvalue weighted by Crippen LogP contribution is -2.43. The molecular formula is C17H23NO3. The highest BCUT2D eigenvalue weighted by Gasteiger charge is 2.33. The number of hydrogen-bond acceptors (Lipinski definition) is 3. The van der Waals surface area contributed by atoms with Gasteiger partial charge in [0.1, 0.15) is 11.4 Å². The molecule has 1 aromatic carbocycles. The zero-order valence-corrected chi connectivity index (χ0v) is 12.9. The fraction of sp³-hybridized carbons (Fsp3) is 0.588. The molecule has 0 saturated carbocycles. The van der Waals surface area contributed by atoms with Crippen LogP contribution in [-0.4, -0.2) is 24.3 Å². The highest BCUT2D eigenvalue weighted by molar-refractivity contribution is 5.68. The van der Waals surface area contributed by atoms with Gasteiger partial charge in [0.25, 0.3) is 0 Å². The highest BCUT2D eigenvalue weighted by Crippen LogP contribution is 2.42. The quantitative estimate of drug-likeness (QED) is 0.862. The van der Waals surface area contributed by atoms with E-state index in [4.69, 9.17) is 9.47 Å². The van der Waals surface area contributed by atoms with Crippen molar-refractivity contribution in [3.8, 4) is 5.75 Å². The number of rotatable bonds is 1. The molecule has 4 heteroatoms. The van der Waals surface area contributed by atoms with Gasteiger partial charge in [-0.05, 0) is 57.6 Å². The summed E-state index contributed by atoms with van der Waals surface area (Å²) in [6, 6.07) is 6.37. The van der Waals surface area contributed by atoms with Crippen LogP contribution < -0.4 is 10.1 Å². The fourth-order valence-corrected chi connectivity index (χ4v) is 3.32. The molecule has 3 rings (SSSR count). The van der Waals surface area contributed by atoms with Crippen molar-refractivity contribution < 1.29 is 14.3 Å². The van der Waals surface area contributed by atoms with E-state index in [1.807, 2.05) is 32.9 Å². The first kappa shape index (κ1) is 14.2. The maximum atomic E-state index is 12.0. The summed E-state index contributed by atoms with van der Waals surface area (Å²) >= 11 is 0. The summed E-state index contributed by atoms with van der Waals surface area (Å²) in [5.74, 6) is 1.51. The molecule has 0 bridgehead atoms. The van der Waals surface area contributed by atoms with Gasteiger partial charge < -0.3 is 14.8 Å². The minimum Gasteiger partial charge on any atom is -0.493 e. The predicted octanol–water partition coefficient (Wildman–Crippen LogP) is 3.39. The van der Waals surface area contributed by atoms with Gasteiger partial charge in [0.2, 0.25) is 0 Å². The smallest absolute Gasteiger partial charge is 0.407 e. The van der Waals surface area contributed by atoms with Gasteiger partial charge in [0, 0.05) is 11.6 Å². The summed E-state index contributed by atoms with van der Waals surface area (Å²) in [5.41, 5.74) is 2.19. The molecule has 0 spiro atoms. The Balaban J connectivity index is 1.73. The number of nitrogens with one attached hydrogen (secondary N) is 1. The first-order chi connectivity index (χ1) is 9.92. The summed E-state index contributed by atoms with van der Waals surface area (Å²) in [7, 11) is 0. The first-order valence-corrected chi connectivity index (χ1v) is 7.66. The zero-order chi connectivity index (χ0) is 15.0. The lowest BCUT2D eigenvalue weighted by molar-refractivity contribution is 0.0496. The molecule has 1 aliphatic carbocycles. The highest BCUT2D eigenvalue weighted by atomic mass is 16.6. The molecule has 0 fully saturated rings. The average molecular weight is 289 g/mol. The molecule has 2 aliphatic rings. The number of ether oxygens (including phenoxy) is 2. The van der Waals surface area contributed by atoms with Crippen LogP contribution >= 0.6 is 0 Å². The number of alkyl carbamates (subject to hydrolysis) is 1. The van der Waals surface area contributed by atoms with E-state index in [1.54, 1.807) is 0 Å². The minimum absolute atomic E-state index is 0.144. The second kappa shape index (κ2) is 5.24. The molecule has 0 aromatic heterocycles. The summed E-state index contributed by atoms with van der Waals surface area (Å²) in [5, 5.41) is 3.02. The third kappa shape index (κ3) is 3.14. The van der Waals surface area contributed by atoms with Gasteiger partial charge in [-0.15, -0.1) is 0 Å². The van der Waals surface area contributed by atoms with E-state index < -0.39 is 5.60 Å². The Morgan fingerprint density at radius 1 is 1.38 bits per heavy atom. The van der Waals surface area contributed by atoms with E-state index in [0.717, 1.165) is 31.6 Å². The van der Waals surface area contributed by atoms with E-state index in [1.165, 1.54) is 11.1 Å². The Labute approximate surface area is 125 Å². The van der Waals surface area contributed by atoms with E-state index >= 15 is 0 Å². The second-order valence-corrected chi connectivity index (χ2v) is 6.95. The summed E-state index contributed by atoms with van der Waals surface area (Å²) in [6.45, 7) is 6.41. The molecule has 2 unspecified atom stereocenters. The van der Waals surface area contributed by atoms with Crippen LogP contribution in [0.3, 0.4) is 0 Å². The molecule has 0 radical (unpaired) electrons. The van der Waals surface area contributed by atoms with Gasteiger partial charge in [-0.3, -0.25) is 0 Å². The van der Waals surface area contributed by atoms with Crippen molar-refractivity contribution in [2.75, 3.05) is 6.61 Å². The molecule has 2 atom stereocenters. The number of carbonyl (C=O) groups is 1. The minimum atomic E-state index is -0.456. The van der Waals surface area contributed by atoms with E-state index in [-0.39, 0.29) is 12.1 Å². The molecular weight excluding hydrogens is 266 g/mol. The lowest BCUT2D eigenvalue weighted by Gasteiger charge is -2.36. The van der Waals surface area contributed by atoms with Gasteiger partial charge in [-0.2, -0.15) is 0 Å². The molecule has 114 valence electrons. The van der Waals surface area contributed by atoms with Crippen LogP contribution in [0.15, 0.2) is 18.2 Å². The molecule has 1 aliphatic heterocycles. The van der Waals surface area contributed by atoms with E-state index in [2.05, 4.69) is 11.4 Å².